The van der Waals surface area contributed by atoms with Crippen molar-refractivity contribution >= 4 is 5.69 Å². The lowest BCUT2D eigenvalue weighted by Gasteiger charge is -2.26. The number of hydrogen-bond donors (Lipinski definition) is 1. The number of aryl methyl sites for hydroxylation is 1. The van der Waals surface area contributed by atoms with E-state index in [1.165, 1.54) is 42.6 Å². The van der Waals surface area contributed by atoms with Crippen molar-refractivity contribution in [3.05, 3.63) is 29.3 Å². The average Bonchev–Trinajstić information content (AvgIpc) is 2.80. The van der Waals surface area contributed by atoms with E-state index in [-0.39, 0.29) is 0 Å². The Bertz CT molecular complexity index is 373. The first-order valence-corrected chi connectivity index (χ1v) is 6.77. The number of nitrogens with zero attached hydrogens (tertiary/aromatic N) is 1. The van der Waals surface area contributed by atoms with E-state index in [2.05, 4.69) is 42.3 Å². The summed E-state index contributed by atoms with van der Waals surface area (Å²) in [6.07, 6.45) is 3.96. The van der Waals surface area contributed by atoms with Gasteiger partial charge < -0.3 is 10.2 Å². The number of rotatable bonds is 4. The minimum absolute atomic E-state index is 0.754. The highest BCUT2D eigenvalue weighted by Crippen LogP contribution is 2.28. The molecule has 0 spiro atoms. The van der Waals surface area contributed by atoms with Crippen LogP contribution >= 0.6 is 0 Å². The maximum atomic E-state index is 3.22. The molecule has 1 fully saturated rings. The van der Waals surface area contributed by atoms with Gasteiger partial charge in [0, 0.05) is 24.8 Å². The van der Waals surface area contributed by atoms with Gasteiger partial charge in [0.15, 0.2) is 0 Å². The summed E-state index contributed by atoms with van der Waals surface area (Å²) in [5.74, 6) is 0. The lowest BCUT2D eigenvalue weighted by molar-refractivity contribution is 0.645. The third-order valence-corrected chi connectivity index (χ3v) is 3.87. The van der Waals surface area contributed by atoms with E-state index in [0.717, 1.165) is 12.6 Å². The summed E-state index contributed by atoms with van der Waals surface area (Å²) in [5, 5.41) is 3.22. The molecule has 1 aromatic rings. The molecule has 1 heterocycles. The maximum absolute atomic E-state index is 3.22. The Morgan fingerprint density at radius 1 is 1.41 bits per heavy atom. The van der Waals surface area contributed by atoms with Crippen LogP contribution in [0.25, 0.3) is 0 Å². The summed E-state index contributed by atoms with van der Waals surface area (Å²) >= 11 is 0. The molecule has 1 aliphatic rings. The van der Waals surface area contributed by atoms with E-state index in [9.17, 15) is 0 Å². The van der Waals surface area contributed by atoms with Gasteiger partial charge in [0.05, 0.1) is 0 Å². The van der Waals surface area contributed by atoms with Gasteiger partial charge in [-0.15, -0.1) is 0 Å². The molecule has 1 N–H and O–H groups in total. The zero-order valence-corrected chi connectivity index (χ0v) is 11.3. The Morgan fingerprint density at radius 2 is 2.24 bits per heavy atom. The van der Waals surface area contributed by atoms with Gasteiger partial charge in [-0.3, -0.25) is 0 Å². The fourth-order valence-corrected chi connectivity index (χ4v) is 2.85. The first kappa shape index (κ1) is 12.4. The van der Waals surface area contributed by atoms with Crippen LogP contribution in [0.4, 0.5) is 5.69 Å². The van der Waals surface area contributed by atoms with Crippen LogP contribution in [0.15, 0.2) is 18.2 Å². The van der Waals surface area contributed by atoms with Crippen LogP contribution in [0.1, 0.15) is 37.3 Å². The summed E-state index contributed by atoms with van der Waals surface area (Å²) in [7, 11) is 2.00. The SMILES string of the molecule is CCC1CCCN1c1ccc(CNC)c(C)c1. The normalized spacial score (nSPS) is 19.9. The van der Waals surface area contributed by atoms with Gasteiger partial charge in [0.2, 0.25) is 0 Å². The molecule has 0 aromatic heterocycles. The van der Waals surface area contributed by atoms with Crippen LogP contribution in [0, 0.1) is 6.92 Å². The largest absolute Gasteiger partial charge is 0.369 e. The highest BCUT2D eigenvalue weighted by Gasteiger charge is 2.23. The number of nitrogens with one attached hydrogen (secondary N) is 1. The van der Waals surface area contributed by atoms with Crippen LogP contribution in [0.3, 0.4) is 0 Å². The highest BCUT2D eigenvalue weighted by atomic mass is 15.2. The summed E-state index contributed by atoms with van der Waals surface area (Å²) in [5.41, 5.74) is 4.22. The molecule has 94 valence electrons. The number of hydrogen-bond acceptors (Lipinski definition) is 2. The zero-order chi connectivity index (χ0) is 12.3. The van der Waals surface area contributed by atoms with Gasteiger partial charge in [-0.05, 0) is 56.5 Å². The van der Waals surface area contributed by atoms with Gasteiger partial charge >= 0.3 is 0 Å². The summed E-state index contributed by atoms with van der Waals surface area (Å²) in [6, 6.07) is 7.66. The topological polar surface area (TPSA) is 15.3 Å². The lowest BCUT2D eigenvalue weighted by Crippen LogP contribution is -2.28. The zero-order valence-electron chi connectivity index (χ0n) is 11.3. The second-order valence-electron chi connectivity index (χ2n) is 5.04. The molecule has 0 aliphatic carbocycles. The van der Waals surface area contributed by atoms with E-state index in [1.807, 2.05) is 7.05 Å². The molecule has 1 aliphatic heterocycles. The molecule has 1 unspecified atom stereocenters. The van der Waals surface area contributed by atoms with Gasteiger partial charge in [0.1, 0.15) is 0 Å². The van der Waals surface area contributed by atoms with Crippen molar-refractivity contribution < 1.29 is 0 Å². The Labute approximate surface area is 105 Å². The van der Waals surface area contributed by atoms with Crippen molar-refractivity contribution in [2.75, 3.05) is 18.5 Å². The number of benzene rings is 1. The monoisotopic (exact) mass is 232 g/mol. The quantitative estimate of drug-likeness (QED) is 0.858. The molecule has 0 amide bonds. The first-order valence-electron chi connectivity index (χ1n) is 6.77. The molecule has 2 rings (SSSR count). The lowest BCUT2D eigenvalue weighted by atomic mass is 10.1. The first-order chi connectivity index (χ1) is 8.26. The van der Waals surface area contributed by atoms with Crippen LogP contribution in [0.2, 0.25) is 0 Å². The minimum atomic E-state index is 0.754. The van der Waals surface area contributed by atoms with Crippen molar-refractivity contribution in [1.29, 1.82) is 0 Å². The molecular formula is C15H24N2. The van der Waals surface area contributed by atoms with Gasteiger partial charge in [-0.2, -0.15) is 0 Å². The minimum Gasteiger partial charge on any atom is -0.369 e. The van der Waals surface area contributed by atoms with E-state index in [1.54, 1.807) is 0 Å². The van der Waals surface area contributed by atoms with Crippen molar-refractivity contribution in [3.63, 3.8) is 0 Å². The predicted molar refractivity (Wildman–Crippen MR) is 74.6 cm³/mol. The molecule has 1 atom stereocenters. The predicted octanol–water partition coefficient (Wildman–Crippen LogP) is 3.09. The smallest absolute Gasteiger partial charge is 0.0371 e. The van der Waals surface area contributed by atoms with E-state index >= 15 is 0 Å². The Hall–Kier alpha value is -1.02. The average molecular weight is 232 g/mol. The van der Waals surface area contributed by atoms with Gasteiger partial charge in [0.25, 0.3) is 0 Å². The molecule has 1 aromatic carbocycles. The fourth-order valence-electron chi connectivity index (χ4n) is 2.85. The molecule has 2 heteroatoms. The third kappa shape index (κ3) is 2.63. The fraction of sp³-hybridized carbons (Fsp3) is 0.600. The molecule has 17 heavy (non-hydrogen) atoms. The van der Waals surface area contributed by atoms with Crippen LogP contribution in [-0.4, -0.2) is 19.6 Å². The second-order valence-corrected chi connectivity index (χ2v) is 5.04. The molecule has 0 saturated carbocycles. The van der Waals surface area contributed by atoms with Gasteiger partial charge in [-0.25, -0.2) is 0 Å². The molecule has 0 radical (unpaired) electrons. The van der Waals surface area contributed by atoms with Gasteiger partial charge in [-0.1, -0.05) is 13.0 Å². The summed E-state index contributed by atoms with van der Waals surface area (Å²) in [4.78, 5) is 2.58. The molecule has 0 bridgehead atoms. The standard InChI is InChI=1S/C15H24N2/c1-4-14-6-5-9-17(14)15-8-7-13(11-16-3)12(2)10-15/h7-8,10,14,16H,4-6,9,11H2,1-3H3. The van der Waals surface area contributed by atoms with Crippen LogP contribution in [0.5, 0.6) is 0 Å². The number of anilines is 1. The van der Waals surface area contributed by atoms with Crippen molar-refractivity contribution in [3.8, 4) is 0 Å². The van der Waals surface area contributed by atoms with Crippen molar-refractivity contribution in [2.24, 2.45) is 0 Å². The Morgan fingerprint density at radius 3 is 2.88 bits per heavy atom. The Kier molecular flexibility index (Phi) is 4.06. The summed E-state index contributed by atoms with van der Waals surface area (Å²) < 4.78 is 0. The maximum Gasteiger partial charge on any atom is 0.0371 e. The summed E-state index contributed by atoms with van der Waals surface area (Å²) in [6.45, 7) is 6.70. The van der Waals surface area contributed by atoms with E-state index in [4.69, 9.17) is 0 Å². The molecule has 1 saturated heterocycles. The highest BCUT2D eigenvalue weighted by molar-refractivity contribution is 5.52. The molecular weight excluding hydrogens is 208 g/mol. The third-order valence-electron chi connectivity index (χ3n) is 3.87. The second kappa shape index (κ2) is 5.54. The van der Waals surface area contributed by atoms with Crippen molar-refractivity contribution in [1.82, 2.24) is 5.32 Å². The van der Waals surface area contributed by atoms with Crippen LogP contribution < -0.4 is 10.2 Å². The van der Waals surface area contributed by atoms with Crippen LogP contribution in [-0.2, 0) is 6.54 Å². The van der Waals surface area contributed by atoms with Crippen molar-refractivity contribution in [2.45, 2.75) is 45.7 Å². The van der Waals surface area contributed by atoms with E-state index < -0.39 is 0 Å². The Balaban J connectivity index is 2.19. The van der Waals surface area contributed by atoms with E-state index in [0.29, 0.717) is 0 Å². The molecule has 2 nitrogen and oxygen atoms in total.